The van der Waals surface area contributed by atoms with Crippen molar-refractivity contribution in [1.29, 1.82) is 0 Å². The molecule has 0 spiro atoms. The third-order valence-electron chi connectivity index (χ3n) is 3.54. The highest BCUT2D eigenvalue weighted by atomic mass is 32.1. The fourth-order valence-corrected chi connectivity index (χ4v) is 2.86. The first kappa shape index (κ1) is 15.7. The highest BCUT2D eigenvalue weighted by Crippen LogP contribution is 2.12. The Kier molecular flexibility index (Phi) is 5.96. The monoisotopic (exact) mass is 303 g/mol. The van der Waals surface area contributed by atoms with Crippen LogP contribution < -0.4 is 5.32 Å². The molecule has 0 radical (unpaired) electrons. The molecule has 2 aromatic rings. The molecular weight excluding hydrogens is 282 g/mol. The van der Waals surface area contributed by atoms with Gasteiger partial charge in [0.1, 0.15) is 0 Å². The zero-order valence-electron chi connectivity index (χ0n) is 12.2. The molecule has 21 heavy (non-hydrogen) atoms. The number of hydrogen-bond donors (Lipinski definition) is 2. The van der Waals surface area contributed by atoms with Gasteiger partial charge in [-0.15, -0.1) is 0 Å². The minimum absolute atomic E-state index is 0.0541. The number of benzene rings is 1. The van der Waals surface area contributed by atoms with E-state index >= 15 is 0 Å². The van der Waals surface area contributed by atoms with Gasteiger partial charge in [0, 0.05) is 24.6 Å². The van der Waals surface area contributed by atoms with Crippen molar-refractivity contribution in [2.75, 3.05) is 13.2 Å². The summed E-state index contributed by atoms with van der Waals surface area (Å²) in [4.78, 5) is 12.1. The van der Waals surface area contributed by atoms with Crippen molar-refractivity contribution < 1.29 is 9.90 Å². The molecule has 0 aliphatic carbocycles. The lowest BCUT2D eigenvalue weighted by atomic mass is 10.0. The molecule has 1 aromatic heterocycles. The van der Waals surface area contributed by atoms with Gasteiger partial charge in [-0.2, -0.15) is 11.3 Å². The van der Waals surface area contributed by atoms with Gasteiger partial charge in [0.2, 0.25) is 0 Å². The van der Waals surface area contributed by atoms with Gasteiger partial charge in [-0.3, -0.25) is 4.79 Å². The zero-order chi connectivity index (χ0) is 15.1. The second-order valence-corrected chi connectivity index (χ2v) is 5.92. The summed E-state index contributed by atoms with van der Waals surface area (Å²) >= 11 is 1.65. The third-order valence-corrected chi connectivity index (χ3v) is 4.27. The molecule has 112 valence electrons. The smallest absolute Gasteiger partial charge is 0.251 e. The Labute approximate surface area is 129 Å². The molecule has 1 atom stereocenters. The van der Waals surface area contributed by atoms with E-state index in [2.05, 4.69) is 23.7 Å². The molecular formula is C17H21NO2S. The lowest BCUT2D eigenvalue weighted by Crippen LogP contribution is -2.31. The van der Waals surface area contributed by atoms with Crippen molar-refractivity contribution in [2.24, 2.45) is 5.92 Å². The van der Waals surface area contributed by atoms with E-state index in [4.69, 9.17) is 0 Å². The number of carbonyl (C=O) groups excluding carboxylic acids is 1. The van der Waals surface area contributed by atoms with E-state index in [0.717, 1.165) is 12.8 Å². The number of aliphatic hydroxyl groups excluding tert-OH is 1. The Bertz CT molecular complexity index is 549. The van der Waals surface area contributed by atoms with Crippen molar-refractivity contribution in [2.45, 2.75) is 19.8 Å². The van der Waals surface area contributed by atoms with Crippen molar-refractivity contribution in [3.05, 3.63) is 57.8 Å². The van der Waals surface area contributed by atoms with E-state index in [1.54, 1.807) is 11.3 Å². The number of rotatable bonds is 7. The maximum Gasteiger partial charge on any atom is 0.251 e. The molecule has 3 nitrogen and oxygen atoms in total. The number of hydrogen-bond acceptors (Lipinski definition) is 3. The minimum Gasteiger partial charge on any atom is -0.396 e. The second kappa shape index (κ2) is 7.96. The molecule has 1 heterocycles. The van der Waals surface area contributed by atoms with Gasteiger partial charge in [-0.05, 0) is 52.9 Å². The lowest BCUT2D eigenvalue weighted by Gasteiger charge is -2.14. The average Bonchev–Trinajstić information content (AvgIpc) is 3.04. The number of nitrogens with one attached hydrogen (secondary N) is 1. The number of aliphatic hydroxyl groups is 1. The first-order valence-electron chi connectivity index (χ1n) is 7.22. The SMILES string of the molecule is CCc1ccc(C(=O)NCC(CO)Cc2ccsc2)cc1. The van der Waals surface area contributed by atoms with Crippen molar-refractivity contribution in [1.82, 2.24) is 5.32 Å². The highest BCUT2D eigenvalue weighted by molar-refractivity contribution is 7.07. The molecule has 0 bridgehead atoms. The summed E-state index contributed by atoms with van der Waals surface area (Å²) in [5.74, 6) is -0.0279. The van der Waals surface area contributed by atoms with Crippen LogP contribution in [-0.4, -0.2) is 24.2 Å². The van der Waals surface area contributed by atoms with Crippen LogP contribution in [0.2, 0.25) is 0 Å². The Morgan fingerprint density at radius 1 is 1.24 bits per heavy atom. The van der Waals surface area contributed by atoms with Crippen LogP contribution in [0.4, 0.5) is 0 Å². The topological polar surface area (TPSA) is 49.3 Å². The number of carbonyl (C=O) groups is 1. The van der Waals surface area contributed by atoms with Gasteiger partial charge >= 0.3 is 0 Å². The summed E-state index contributed by atoms with van der Waals surface area (Å²) in [5, 5.41) is 16.4. The summed E-state index contributed by atoms with van der Waals surface area (Å²) in [7, 11) is 0. The second-order valence-electron chi connectivity index (χ2n) is 5.14. The molecule has 2 rings (SSSR count). The maximum atomic E-state index is 12.1. The van der Waals surface area contributed by atoms with Crippen LogP contribution in [0, 0.1) is 5.92 Å². The zero-order valence-corrected chi connectivity index (χ0v) is 13.0. The van der Waals surface area contributed by atoms with Crippen molar-refractivity contribution >= 4 is 17.2 Å². The van der Waals surface area contributed by atoms with E-state index in [-0.39, 0.29) is 18.4 Å². The number of aryl methyl sites for hydroxylation is 1. The minimum atomic E-state index is -0.0820. The summed E-state index contributed by atoms with van der Waals surface area (Å²) < 4.78 is 0. The predicted octanol–water partition coefficient (Wildman–Crippen LogP) is 2.89. The Balaban J connectivity index is 1.86. The van der Waals surface area contributed by atoms with Gasteiger partial charge in [0.25, 0.3) is 5.91 Å². The van der Waals surface area contributed by atoms with E-state index in [9.17, 15) is 9.90 Å². The average molecular weight is 303 g/mol. The van der Waals surface area contributed by atoms with Gasteiger partial charge < -0.3 is 10.4 Å². The Hall–Kier alpha value is -1.65. The molecule has 0 saturated heterocycles. The van der Waals surface area contributed by atoms with Crippen molar-refractivity contribution in [3.8, 4) is 0 Å². The summed E-state index contributed by atoms with van der Waals surface area (Å²) in [5.41, 5.74) is 3.09. The number of thiophene rings is 1. The Morgan fingerprint density at radius 3 is 2.57 bits per heavy atom. The van der Waals surface area contributed by atoms with Crippen LogP contribution in [0.15, 0.2) is 41.1 Å². The van der Waals surface area contributed by atoms with Crippen LogP contribution in [-0.2, 0) is 12.8 Å². The van der Waals surface area contributed by atoms with Crippen LogP contribution in [0.3, 0.4) is 0 Å². The molecule has 4 heteroatoms. The normalized spacial score (nSPS) is 12.1. The molecule has 1 unspecified atom stereocenters. The molecule has 0 fully saturated rings. The van der Waals surface area contributed by atoms with Gasteiger partial charge in [0.05, 0.1) is 0 Å². The van der Waals surface area contributed by atoms with Crippen LogP contribution in [0.25, 0.3) is 0 Å². The first-order valence-corrected chi connectivity index (χ1v) is 8.16. The predicted molar refractivity (Wildman–Crippen MR) is 86.8 cm³/mol. The maximum absolute atomic E-state index is 12.1. The Morgan fingerprint density at radius 2 is 2.00 bits per heavy atom. The highest BCUT2D eigenvalue weighted by Gasteiger charge is 2.12. The molecule has 1 aromatic carbocycles. The van der Waals surface area contributed by atoms with E-state index < -0.39 is 0 Å². The summed E-state index contributed by atoms with van der Waals surface area (Å²) in [6, 6.07) is 9.70. The van der Waals surface area contributed by atoms with E-state index in [0.29, 0.717) is 12.1 Å². The number of amides is 1. The van der Waals surface area contributed by atoms with Crippen LogP contribution >= 0.6 is 11.3 Å². The largest absolute Gasteiger partial charge is 0.396 e. The van der Waals surface area contributed by atoms with E-state index in [1.807, 2.05) is 29.6 Å². The molecule has 2 N–H and O–H groups in total. The first-order chi connectivity index (χ1) is 10.2. The fourth-order valence-electron chi connectivity index (χ4n) is 2.17. The standard InChI is InChI=1S/C17H21NO2S/c1-2-13-3-5-16(6-4-13)17(20)18-10-15(11-19)9-14-7-8-21-12-14/h3-8,12,15,19H,2,9-11H2,1H3,(H,18,20). The molecule has 0 aliphatic heterocycles. The van der Waals surface area contributed by atoms with Crippen molar-refractivity contribution in [3.63, 3.8) is 0 Å². The fraction of sp³-hybridized carbons (Fsp3) is 0.353. The quantitative estimate of drug-likeness (QED) is 0.826. The molecule has 0 aliphatic rings. The van der Waals surface area contributed by atoms with Gasteiger partial charge in [-0.25, -0.2) is 0 Å². The van der Waals surface area contributed by atoms with Crippen LogP contribution in [0.5, 0.6) is 0 Å². The van der Waals surface area contributed by atoms with Crippen LogP contribution in [0.1, 0.15) is 28.4 Å². The van der Waals surface area contributed by atoms with Gasteiger partial charge in [0.15, 0.2) is 0 Å². The summed E-state index contributed by atoms with van der Waals surface area (Å²) in [6.07, 6.45) is 1.75. The molecule has 0 saturated carbocycles. The lowest BCUT2D eigenvalue weighted by molar-refractivity contribution is 0.0940. The molecule has 1 amide bonds. The van der Waals surface area contributed by atoms with Gasteiger partial charge in [-0.1, -0.05) is 19.1 Å². The van der Waals surface area contributed by atoms with E-state index in [1.165, 1.54) is 11.1 Å². The summed E-state index contributed by atoms with van der Waals surface area (Å²) in [6.45, 7) is 2.65. The third kappa shape index (κ3) is 4.69.